The van der Waals surface area contributed by atoms with Crippen LogP contribution in [0.5, 0.6) is 0 Å². The number of benzene rings is 2. The van der Waals surface area contributed by atoms with Gasteiger partial charge in [0.2, 0.25) is 11.8 Å². The van der Waals surface area contributed by atoms with E-state index < -0.39 is 23.2 Å². The summed E-state index contributed by atoms with van der Waals surface area (Å²) in [6.07, 6.45) is 0.485. The van der Waals surface area contributed by atoms with E-state index in [0.717, 1.165) is 17.7 Å². The summed E-state index contributed by atoms with van der Waals surface area (Å²) in [5.41, 5.74) is 0.486. The van der Waals surface area contributed by atoms with Crippen molar-refractivity contribution in [2.24, 2.45) is 0 Å². The Kier molecular flexibility index (Phi) is 6.62. The van der Waals surface area contributed by atoms with Gasteiger partial charge in [-0.05, 0) is 24.1 Å². The van der Waals surface area contributed by atoms with Gasteiger partial charge in [-0.3, -0.25) is 9.59 Å². The second kappa shape index (κ2) is 8.92. The number of carbonyl (C=O) groups excluding carboxylic acids is 2. The smallest absolute Gasteiger partial charge is 0.225 e. The van der Waals surface area contributed by atoms with E-state index in [1.54, 1.807) is 0 Å². The van der Waals surface area contributed by atoms with Crippen LogP contribution in [0.25, 0.3) is 0 Å². The lowest BCUT2D eigenvalue weighted by molar-refractivity contribution is -0.125. The van der Waals surface area contributed by atoms with Gasteiger partial charge in [-0.2, -0.15) is 0 Å². The first-order valence-electron chi connectivity index (χ1n) is 8.09. The summed E-state index contributed by atoms with van der Waals surface area (Å²) in [6, 6.07) is 12.7. The number of halogens is 2. The van der Waals surface area contributed by atoms with Gasteiger partial charge in [0.25, 0.3) is 0 Å². The van der Waals surface area contributed by atoms with Crippen LogP contribution >= 0.6 is 0 Å². The first-order chi connectivity index (χ1) is 12.0. The predicted molar refractivity (Wildman–Crippen MR) is 91.8 cm³/mol. The highest BCUT2D eigenvalue weighted by Gasteiger charge is 2.15. The van der Waals surface area contributed by atoms with Crippen molar-refractivity contribution in [1.29, 1.82) is 0 Å². The molecule has 25 heavy (non-hydrogen) atoms. The van der Waals surface area contributed by atoms with Gasteiger partial charge in [0.15, 0.2) is 0 Å². The summed E-state index contributed by atoms with van der Waals surface area (Å²) in [5.74, 6) is -2.62. The molecule has 0 saturated carbocycles. The third-order valence-corrected chi connectivity index (χ3v) is 3.75. The molecular formula is C19H20F2N2O2. The fourth-order valence-electron chi connectivity index (χ4n) is 2.42. The van der Waals surface area contributed by atoms with E-state index in [2.05, 4.69) is 10.6 Å². The molecule has 0 heterocycles. The number of hydrogen-bond acceptors (Lipinski definition) is 2. The summed E-state index contributed by atoms with van der Waals surface area (Å²) < 4.78 is 27.0. The van der Waals surface area contributed by atoms with Crippen LogP contribution in [0.4, 0.5) is 14.5 Å². The summed E-state index contributed by atoms with van der Waals surface area (Å²) in [4.78, 5) is 23.9. The Balaban J connectivity index is 1.86. The maximum absolute atomic E-state index is 13.5. The minimum absolute atomic E-state index is 0.0642. The third kappa shape index (κ3) is 5.38. The first-order valence-corrected chi connectivity index (χ1v) is 8.09. The quantitative estimate of drug-likeness (QED) is 0.797. The lowest BCUT2D eigenvalue weighted by Crippen LogP contribution is -2.29. The number of nitrogens with one attached hydrogen (secondary N) is 2. The number of anilines is 1. The molecule has 0 spiro atoms. The molecule has 1 unspecified atom stereocenters. The van der Waals surface area contributed by atoms with E-state index in [4.69, 9.17) is 0 Å². The Morgan fingerprint density at radius 2 is 1.52 bits per heavy atom. The zero-order valence-corrected chi connectivity index (χ0v) is 13.9. The summed E-state index contributed by atoms with van der Waals surface area (Å²) >= 11 is 0. The molecule has 0 aromatic heterocycles. The van der Waals surface area contributed by atoms with Gasteiger partial charge in [-0.1, -0.05) is 43.3 Å². The zero-order chi connectivity index (χ0) is 18.2. The number of amides is 2. The SMILES string of the molecule is CCC(NC(=O)CCC(=O)Nc1c(F)cccc1F)c1ccccc1. The fraction of sp³-hybridized carbons (Fsp3) is 0.263. The monoisotopic (exact) mass is 346 g/mol. The van der Waals surface area contributed by atoms with Crippen molar-refractivity contribution >= 4 is 17.5 Å². The van der Waals surface area contributed by atoms with E-state index in [9.17, 15) is 18.4 Å². The highest BCUT2D eigenvalue weighted by atomic mass is 19.1. The van der Waals surface area contributed by atoms with Gasteiger partial charge < -0.3 is 10.6 Å². The van der Waals surface area contributed by atoms with Gasteiger partial charge in [-0.25, -0.2) is 8.78 Å². The average Bonchev–Trinajstić information content (AvgIpc) is 2.62. The maximum Gasteiger partial charge on any atom is 0.225 e. The van der Waals surface area contributed by atoms with Crippen LogP contribution < -0.4 is 10.6 Å². The Hall–Kier alpha value is -2.76. The molecule has 0 aliphatic carbocycles. The second-order valence-electron chi connectivity index (χ2n) is 5.58. The molecule has 132 valence electrons. The zero-order valence-electron chi connectivity index (χ0n) is 13.9. The van der Waals surface area contributed by atoms with E-state index in [0.29, 0.717) is 6.42 Å². The Labute approximate surface area is 145 Å². The van der Waals surface area contributed by atoms with Crippen LogP contribution in [0, 0.1) is 11.6 Å². The van der Waals surface area contributed by atoms with Crippen molar-refractivity contribution in [1.82, 2.24) is 5.32 Å². The molecule has 2 rings (SSSR count). The van der Waals surface area contributed by atoms with E-state index >= 15 is 0 Å². The minimum Gasteiger partial charge on any atom is -0.349 e. The molecule has 0 bridgehead atoms. The van der Waals surface area contributed by atoms with E-state index in [1.165, 1.54) is 6.07 Å². The molecule has 0 radical (unpaired) electrons. The third-order valence-electron chi connectivity index (χ3n) is 3.75. The van der Waals surface area contributed by atoms with Crippen molar-refractivity contribution in [3.63, 3.8) is 0 Å². The fourth-order valence-corrected chi connectivity index (χ4v) is 2.42. The van der Waals surface area contributed by atoms with Crippen molar-refractivity contribution in [3.05, 3.63) is 65.7 Å². The molecule has 6 heteroatoms. The van der Waals surface area contributed by atoms with Crippen molar-refractivity contribution in [2.45, 2.75) is 32.2 Å². The van der Waals surface area contributed by atoms with E-state index in [1.807, 2.05) is 37.3 Å². The lowest BCUT2D eigenvalue weighted by Gasteiger charge is -2.17. The highest BCUT2D eigenvalue weighted by Crippen LogP contribution is 2.19. The second-order valence-corrected chi connectivity index (χ2v) is 5.58. The van der Waals surface area contributed by atoms with Crippen LogP contribution in [-0.2, 0) is 9.59 Å². The van der Waals surface area contributed by atoms with Crippen LogP contribution in [0.2, 0.25) is 0 Å². The first kappa shape index (κ1) is 18.6. The number of carbonyl (C=O) groups is 2. The van der Waals surface area contributed by atoms with Gasteiger partial charge in [0.05, 0.1) is 6.04 Å². The van der Waals surface area contributed by atoms with Crippen molar-refractivity contribution < 1.29 is 18.4 Å². The summed E-state index contributed by atoms with van der Waals surface area (Å²) in [6.45, 7) is 1.95. The normalized spacial score (nSPS) is 11.6. The lowest BCUT2D eigenvalue weighted by atomic mass is 10.0. The topological polar surface area (TPSA) is 58.2 Å². The Morgan fingerprint density at radius 1 is 0.920 bits per heavy atom. The van der Waals surface area contributed by atoms with Gasteiger partial charge in [0.1, 0.15) is 17.3 Å². The molecule has 4 nitrogen and oxygen atoms in total. The molecule has 2 aromatic carbocycles. The van der Waals surface area contributed by atoms with Crippen molar-refractivity contribution in [3.8, 4) is 0 Å². The van der Waals surface area contributed by atoms with Gasteiger partial charge in [-0.15, -0.1) is 0 Å². The molecule has 0 saturated heterocycles. The number of rotatable bonds is 7. The van der Waals surface area contributed by atoms with Gasteiger partial charge >= 0.3 is 0 Å². The molecule has 2 N–H and O–H groups in total. The van der Waals surface area contributed by atoms with Crippen molar-refractivity contribution in [2.75, 3.05) is 5.32 Å². The highest BCUT2D eigenvalue weighted by molar-refractivity contribution is 5.93. The summed E-state index contributed by atoms with van der Waals surface area (Å²) in [7, 11) is 0. The average molecular weight is 346 g/mol. The maximum atomic E-state index is 13.5. The van der Waals surface area contributed by atoms with Crippen LogP contribution in [0.3, 0.4) is 0 Å². The standard InChI is InChI=1S/C19H20F2N2O2/c1-2-16(13-7-4-3-5-8-13)22-17(24)11-12-18(25)23-19-14(20)9-6-10-15(19)21/h3-10,16H,2,11-12H2,1H3,(H,22,24)(H,23,25). The minimum atomic E-state index is -0.854. The molecule has 0 aliphatic rings. The largest absolute Gasteiger partial charge is 0.349 e. The molecule has 0 fully saturated rings. The van der Waals surface area contributed by atoms with E-state index in [-0.39, 0.29) is 24.8 Å². The Morgan fingerprint density at radius 3 is 2.12 bits per heavy atom. The predicted octanol–water partition coefficient (Wildman–Crippen LogP) is 3.95. The molecule has 1 atom stereocenters. The molecule has 2 amide bonds. The van der Waals surface area contributed by atoms with Gasteiger partial charge in [0, 0.05) is 12.8 Å². The summed E-state index contributed by atoms with van der Waals surface area (Å²) in [5, 5.41) is 5.02. The molecule has 0 aliphatic heterocycles. The van der Waals surface area contributed by atoms with Crippen LogP contribution in [0.1, 0.15) is 37.8 Å². The molecule has 2 aromatic rings. The van der Waals surface area contributed by atoms with Crippen LogP contribution in [-0.4, -0.2) is 11.8 Å². The molecular weight excluding hydrogens is 326 g/mol. The number of hydrogen-bond donors (Lipinski definition) is 2. The van der Waals surface area contributed by atoms with Crippen LogP contribution in [0.15, 0.2) is 48.5 Å². The number of para-hydroxylation sites is 1. The Bertz CT molecular complexity index is 715.